The van der Waals surface area contributed by atoms with E-state index in [-0.39, 0.29) is 34.9 Å². The summed E-state index contributed by atoms with van der Waals surface area (Å²) in [5, 5.41) is 5.28. The van der Waals surface area contributed by atoms with Gasteiger partial charge < -0.3 is 25.0 Å². The highest BCUT2D eigenvalue weighted by molar-refractivity contribution is 8.00. The van der Waals surface area contributed by atoms with Crippen LogP contribution < -0.4 is 20.1 Å². The molecule has 1 aromatic rings. The van der Waals surface area contributed by atoms with Crippen LogP contribution in [0.4, 0.5) is 0 Å². The van der Waals surface area contributed by atoms with Gasteiger partial charge in [0.1, 0.15) is 4.87 Å². The minimum atomic E-state index is -0.339. The molecule has 1 atom stereocenters. The van der Waals surface area contributed by atoms with Crippen molar-refractivity contribution in [2.24, 2.45) is 5.41 Å². The third-order valence-electron chi connectivity index (χ3n) is 5.83. The first kappa shape index (κ1) is 20.3. The number of thioether (sulfide) groups is 1. The summed E-state index contributed by atoms with van der Waals surface area (Å²) in [4.78, 5) is 27.2. The Bertz CT molecular complexity index is 800. The van der Waals surface area contributed by atoms with Crippen LogP contribution in [0.1, 0.15) is 39.2 Å². The van der Waals surface area contributed by atoms with Crippen molar-refractivity contribution in [3.05, 3.63) is 23.8 Å². The average molecular weight is 421 g/mol. The SMILES string of the molecule is CC(C)(C)C(=O)N1CCC2(CC1)[NH2+][C@H](C(=O)NCc1ccc3c(c1)OCO3)CS2. The highest BCUT2D eigenvalue weighted by Gasteiger charge is 2.49. The van der Waals surface area contributed by atoms with E-state index in [1.54, 1.807) is 0 Å². The van der Waals surface area contributed by atoms with Crippen LogP contribution >= 0.6 is 11.8 Å². The Morgan fingerprint density at radius 1 is 1.24 bits per heavy atom. The third kappa shape index (κ3) is 4.33. The molecule has 3 aliphatic heterocycles. The Morgan fingerprint density at radius 2 is 1.97 bits per heavy atom. The normalized spacial score (nSPS) is 22.7. The molecule has 8 heteroatoms. The molecule has 0 aromatic heterocycles. The molecule has 3 N–H and O–H groups in total. The Kier molecular flexibility index (Phi) is 5.42. The summed E-state index contributed by atoms with van der Waals surface area (Å²) >= 11 is 1.87. The molecule has 29 heavy (non-hydrogen) atoms. The van der Waals surface area contributed by atoms with Gasteiger partial charge in [-0.2, -0.15) is 0 Å². The number of nitrogens with one attached hydrogen (secondary N) is 1. The number of carbonyl (C=O) groups excluding carboxylic acids is 2. The van der Waals surface area contributed by atoms with Crippen LogP contribution in [-0.2, 0) is 16.1 Å². The molecule has 0 radical (unpaired) electrons. The molecule has 3 heterocycles. The largest absolute Gasteiger partial charge is 0.454 e. The first-order chi connectivity index (χ1) is 13.8. The van der Waals surface area contributed by atoms with Crippen molar-refractivity contribution >= 4 is 23.6 Å². The number of amides is 2. The van der Waals surface area contributed by atoms with E-state index >= 15 is 0 Å². The summed E-state index contributed by atoms with van der Waals surface area (Å²) in [6.45, 7) is 8.17. The fourth-order valence-corrected chi connectivity index (χ4v) is 5.61. The van der Waals surface area contributed by atoms with Gasteiger partial charge in [0.2, 0.25) is 12.7 Å². The minimum absolute atomic E-state index is 0.0232. The molecule has 2 saturated heterocycles. The van der Waals surface area contributed by atoms with Crippen molar-refractivity contribution in [1.29, 1.82) is 0 Å². The van der Waals surface area contributed by atoms with Gasteiger partial charge in [-0.25, -0.2) is 0 Å². The predicted molar refractivity (Wildman–Crippen MR) is 111 cm³/mol. The lowest BCUT2D eigenvalue weighted by molar-refractivity contribution is -0.714. The Morgan fingerprint density at radius 3 is 2.69 bits per heavy atom. The molecule has 158 valence electrons. The summed E-state index contributed by atoms with van der Waals surface area (Å²) in [5.74, 6) is 2.57. The number of nitrogens with two attached hydrogens (primary N) is 1. The number of benzene rings is 1. The molecule has 2 fully saturated rings. The van der Waals surface area contributed by atoms with E-state index in [2.05, 4.69) is 10.6 Å². The minimum Gasteiger partial charge on any atom is -0.454 e. The highest BCUT2D eigenvalue weighted by atomic mass is 32.2. The van der Waals surface area contributed by atoms with Gasteiger partial charge in [-0.05, 0) is 17.7 Å². The smallest absolute Gasteiger partial charge is 0.279 e. The standard InChI is InChI=1S/C21H29N3O4S/c1-20(2,3)19(26)24-8-6-21(7-9-24)23-15(12-29-21)18(25)22-11-14-4-5-16-17(10-14)28-13-27-16/h4-5,10,15,23H,6-9,11-13H2,1-3H3,(H,22,25)/p+1/t15-/m0/s1. The van der Waals surface area contributed by atoms with Gasteiger partial charge in [-0.3, -0.25) is 9.59 Å². The number of hydrogen-bond acceptors (Lipinski definition) is 5. The summed E-state index contributed by atoms with van der Waals surface area (Å²) in [6, 6.07) is 5.66. The monoisotopic (exact) mass is 420 g/mol. The predicted octanol–water partition coefficient (Wildman–Crippen LogP) is 1.08. The number of quaternary nitrogens is 1. The summed E-state index contributed by atoms with van der Waals surface area (Å²) in [7, 11) is 0. The Balaban J connectivity index is 1.27. The summed E-state index contributed by atoms with van der Waals surface area (Å²) < 4.78 is 10.7. The lowest BCUT2D eigenvalue weighted by atomic mass is 9.92. The van der Waals surface area contributed by atoms with Gasteiger partial charge in [0.15, 0.2) is 17.5 Å². The zero-order valence-corrected chi connectivity index (χ0v) is 18.1. The maximum Gasteiger partial charge on any atom is 0.279 e. The fraction of sp³-hybridized carbons (Fsp3) is 0.619. The average Bonchev–Trinajstić information content (AvgIpc) is 3.32. The second-order valence-corrected chi connectivity index (χ2v) is 10.5. The lowest BCUT2D eigenvalue weighted by Crippen LogP contribution is -2.99. The van der Waals surface area contributed by atoms with Gasteiger partial charge >= 0.3 is 0 Å². The number of likely N-dealkylation sites (tertiary alicyclic amines) is 1. The molecule has 0 aliphatic carbocycles. The molecule has 0 saturated carbocycles. The highest BCUT2D eigenvalue weighted by Crippen LogP contribution is 2.35. The molecule has 4 rings (SSSR count). The second kappa shape index (κ2) is 7.72. The number of nitrogens with zero attached hydrogens (tertiary/aromatic N) is 1. The van der Waals surface area contributed by atoms with E-state index in [1.165, 1.54) is 0 Å². The zero-order valence-electron chi connectivity index (χ0n) is 17.3. The number of rotatable bonds is 3. The van der Waals surface area contributed by atoms with E-state index in [9.17, 15) is 9.59 Å². The zero-order chi connectivity index (χ0) is 20.6. The van der Waals surface area contributed by atoms with Crippen molar-refractivity contribution in [1.82, 2.24) is 10.2 Å². The number of hydrogen-bond donors (Lipinski definition) is 2. The summed E-state index contributed by atoms with van der Waals surface area (Å²) in [5.41, 5.74) is 0.658. The quantitative estimate of drug-likeness (QED) is 0.764. The first-order valence-electron chi connectivity index (χ1n) is 10.2. The van der Waals surface area contributed by atoms with Crippen molar-refractivity contribution in [2.45, 2.75) is 51.1 Å². The van der Waals surface area contributed by atoms with Gasteiger partial charge in [0.25, 0.3) is 5.91 Å². The van der Waals surface area contributed by atoms with Gasteiger partial charge in [-0.15, -0.1) is 0 Å². The van der Waals surface area contributed by atoms with Crippen LogP contribution in [0.15, 0.2) is 18.2 Å². The molecule has 1 aromatic carbocycles. The molecule has 1 spiro atoms. The third-order valence-corrected chi connectivity index (χ3v) is 7.48. The molecule has 7 nitrogen and oxygen atoms in total. The lowest BCUT2D eigenvalue weighted by Gasteiger charge is -2.39. The van der Waals surface area contributed by atoms with Crippen molar-refractivity contribution in [3.8, 4) is 11.5 Å². The topological polar surface area (TPSA) is 84.5 Å². The van der Waals surface area contributed by atoms with E-state index in [0.717, 1.165) is 48.7 Å². The Hall–Kier alpha value is -1.93. The van der Waals surface area contributed by atoms with Gasteiger partial charge in [-0.1, -0.05) is 38.6 Å². The van der Waals surface area contributed by atoms with E-state index in [1.807, 2.05) is 55.6 Å². The summed E-state index contributed by atoms with van der Waals surface area (Å²) in [6.07, 6.45) is 1.84. The van der Waals surface area contributed by atoms with Crippen LogP contribution in [0.2, 0.25) is 0 Å². The maximum atomic E-state index is 12.7. The van der Waals surface area contributed by atoms with Crippen molar-refractivity contribution < 1.29 is 24.4 Å². The molecule has 2 amide bonds. The number of fused-ring (bicyclic) bond motifs is 1. The molecule has 3 aliphatic rings. The van der Waals surface area contributed by atoms with Crippen LogP contribution in [-0.4, -0.2) is 53.3 Å². The number of carbonyl (C=O) groups is 2. The molecule has 0 bridgehead atoms. The van der Waals surface area contributed by atoms with Gasteiger partial charge in [0.05, 0.1) is 5.75 Å². The molecule has 0 unspecified atom stereocenters. The van der Waals surface area contributed by atoms with Crippen LogP contribution in [0.25, 0.3) is 0 Å². The van der Waals surface area contributed by atoms with E-state index in [0.29, 0.717) is 6.54 Å². The number of piperidine rings is 1. The maximum absolute atomic E-state index is 12.7. The second-order valence-electron chi connectivity index (χ2n) is 9.10. The van der Waals surface area contributed by atoms with Crippen LogP contribution in [0.3, 0.4) is 0 Å². The molecular weight excluding hydrogens is 390 g/mol. The van der Waals surface area contributed by atoms with Crippen LogP contribution in [0.5, 0.6) is 11.5 Å². The fourth-order valence-electron chi connectivity index (χ4n) is 4.11. The van der Waals surface area contributed by atoms with Gasteiger partial charge in [0, 0.05) is 37.9 Å². The number of ether oxygens (including phenoxy) is 2. The van der Waals surface area contributed by atoms with Crippen molar-refractivity contribution in [3.63, 3.8) is 0 Å². The van der Waals surface area contributed by atoms with Crippen LogP contribution in [0, 0.1) is 5.41 Å². The molecular formula is C21H30N3O4S+. The van der Waals surface area contributed by atoms with E-state index in [4.69, 9.17) is 9.47 Å². The first-order valence-corrected chi connectivity index (χ1v) is 11.2. The Labute approximate surface area is 175 Å². The van der Waals surface area contributed by atoms with Crippen molar-refractivity contribution in [2.75, 3.05) is 25.6 Å². The van der Waals surface area contributed by atoms with E-state index < -0.39 is 0 Å².